The second kappa shape index (κ2) is 19.6. The first-order valence-electron chi connectivity index (χ1n) is 10.9. The lowest BCUT2D eigenvalue weighted by Gasteiger charge is -2.16. The second-order valence-electron chi connectivity index (χ2n) is 7.48. The van der Waals surface area contributed by atoms with Crippen molar-refractivity contribution in [2.24, 2.45) is 22.6 Å². The maximum atomic E-state index is 10.2. The number of rotatable bonds is 7. The van der Waals surface area contributed by atoms with Crippen LogP contribution in [0.4, 0.5) is 0 Å². The topological polar surface area (TPSA) is 55.4 Å². The highest BCUT2D eigenvalue weighted by molar-refractivity contribution is 5.60. The van der Waals surface area contributed by atoms with E-state index in [1.807, 2.05) is 0 Å². The molecule has 0 aromatic carbocycles. The van der Waals surface area contributed by atoms with Crippen molar-refractivity contribution in [3.8, 4) is 0 Å². The molecule has 0 aliphatic heterocycles. The van der Waals surface area contributed by atoms with E-state index in [-0.39, 0.29) is 0 Å². The van der Waals surface area contributed by atoms with E-state index < -0.39 is 0 Å². The Balaban J connectivity index is 0.000000382. The number of hydrogen-bond acceptors (Lipinski definition) is 3. The molecule has 2 saturated carbocycles. The van der Waals surface area contributed by atoms with Gasteiger partial charge in [0.2, 0.25) is 0 Å². The molecule has 0 bridgehead atoms. The summed E-state index contributed by atoms with van der Waals surface area (Å²) < 4.78 is 0. The van der Waals surface area contributed by atoms with Gasteiger partial charge in [-0.25, -0.2) is 0 Å². The quantitative estimate of drug-likeness (QED) is 0.350. The van der Waals surface area contributed by atoms with Crippen LogP contribution < -0.4 is 5.73 Å². The Hall–Kier alpha value is -0.700. The second-order valence-corrected chi connectivity index (χ2v) is 7.48. The average molecular weight is 353 g/mol. The third-order valence-corrected chi connectivity index (χ3v) is 5.01. The van der Waals surface area contributed by atoms with Crippen LogP contribution in [0.1, 0.15) is 104 Å². The lowest BCUT2D eigenvalue weighted by Crippen LogP contribution is -2.07. The molecule has 2 aliphatic carbocycles. The third kappa shape index (κ3) is 16.5. The number of nitrogens with zero attached hydrogens (tertiary/aromatic N) is 1. The van der Waals surface area contributed by atoms with Crippen molar-refractivity contribution in [2.45, 2.75) is 104 Å². The maximum absolute atomic E-state index is 10.2. The fourth-order valence-corrected chi connectivity index (χ4v) is 3.23. The van der Waals surface area contributed by atoms with Crippen LogP contribution in [-0.2, 0) is 4.79 Å². The average Bonchev–Trinajstić information content (AvgIpc) is 2.68. The summed E-state index contributed by atoms with van der Waals surface area (Å²) >= 11 is 0. The normalized spacial score (nSPS) is 18.8. The molecule has 0 radical (unpaired) electrons. The molecular weight excluding hydrogens is 308 g/mol. The van der Waals surface area contributed by atoms with Crippen LogP contribution in [-0.4, -0.2) is 25.6 Å². The summed E-state index contributed by atoms with van der Waals surface area (Å²) in [6.07, 6.45) is 21.4. The lowest BCUT2D eigenvalue weighted by molar-refractivity contribution is -0.111. The summed E-state index contributed by atoms with van der Waals surface area (Å²) in [5, 5.41) is 0. The smallest absolute Gasteiger partial charge is 0.123 e. The van der Waals surface area contributed by atoms with Gasteiger partial charge in [-0.15, -0.1) is 0 Å². The minimum atomic E-state index is 0.406. The van der Waals surface area contributed by atoms with Gasteiger partial charge in [0.1, 0.15) is 6.29 Å². The summed E-state index contributed by atoms with van der Waals surface area (Å²) in [6, 6.07) is 0. The molecule has 0 aromatic rings. The Kier molecular flexibility index (Phi) is 19.1. The fraction of sp³-hybridized carbons (Fsp3) is 0.909. The van der Waals surface area contributed by atoms with E-state index in [4.69, 9.17) is 5.73 Å². The lowest BCUT2D eigenvalue weighted by atomic mass is 9.90. The number of carbonyl (C=O) groups excluding carboxylic acids is 1. The molecule has 2 N–H and O–H groups in total. The van der Waals surface area contributed by atoms with Crippen molar-refractivity contribution in [1.29, 1.82) is 0 Å². The molecule has 2 fully saturated rings. The molecule has 0 heterocycles. The van der Waals surface area contributed by atoms with E-state index in [1.54, 1.807) is 0 Å². The van der Waals surface area contributed by atoms with Crippen molar-refractivity contribution < 1.29 is 4.79 Å². The van der Waals surface area contributed by atoms with Gasteiger partial charge in [0, 0.05) is 18.7 Å². The van der Waals surface area contributed by atoms with Gasteiger partial charge in [-0.1, -0.05) is 65.2 Å². The molecule has 25 heavy (non-hydrogen) atoms. The number of hydrogen-bond donors (Lipinski definition) is 1. The monoisotopic (exact) mass is 352 g/mol. The van der Waals surface area contributed by atoms with Gasteiger partial charge in [0.25, 0.3) is 0 Å². The van der Waals surface area contributed by atoms with Crippen LogP contribution in [0.25, 0.3) is 0 Å². The Morgan fingerprint density at radius 3 is 1.72 bits per heavy atom. The van der Waals surface area contributed by atoms with E-state index in [2.05, 4.69) is 25.1 Å². The number of aliphatic imine (C=N–C) groups is 1. The van der Waals surface area contributed by atoms with Crippen molar-refractivity contribution in [1.82, 2.24) is 0 Å². The molecule has 148 valence electrons. The molecule has 0 aromatic heterocycles. The molecule has 2 aliphatic rings. The number of aldehydes is 1. The van der Waals surface area contributed by atoms with Gasteiger partial charge in [0.05, 0.1) is 0 Å². The van der Waals surface area contributed by atoms with Gasteiger partial charge in [0.15, 0.2) is 0 Å². The van der Waals surface area contributed by atoms with Crippen LogP contribution >= 0.6 is 0 Å². The SMILES string of the molecule is CCCCN.CCCCN=CC1CCCCC1.O=CC1CCCCC1. The first-order valence-corrected chi connectivity index (χ1v) is 10.9. The minimum Gasteiger partial charge on any atom is -0.330 e. The first-order chi connectivity index (χ1) is 12.3. The third-order valence-electron chi connectivity index (χ3n) is 5.01. The van der Waals surface area contributed by atoms with Crippen LogP contribution in [0.2, 0.25) is 0 Å². The Labute approximate surface area is 157 Å². The Bertz CT molecular complexity index is 290. The predicted molar refractivity (Wildman–Crippen MR) is 111 cm³/mol. The van der Waals surface area contributed by atoms with Crippen molar-refractivity contribution in [2.75, 3.05) is 13.1 Å². The summed E-state index contributed by atoms with van der Waals surface area (Å²) in [7, 11) is 0. The summed E-state index contributed by atoms with van der Waals surface area (Å²) in [4.78, 5) is 14.6. The van der Waals surface area contributed by atoms with E-state index in [0.29, 0.717) is 5.92 Å². The molecule has 3 nitrogen and oxygen atoms in total. The zero-order chi connectivity index (χ0) is 18.6. The van der Waals surface area contributed by atoms with Crippen LogP contribution in [0.5, 0.6) is 0 Å². The van der Waals surface area contributed by atoms with E-state index >= 15 is 0 Å². The molecule has 0 unspecified atom stereocenters. The largest absolute Gasteiger partial charge is 0.330 e. The van der Waals surface area contributed by atoms with Crippen molar-refractivity contribution >= 4 is 12.5 Å². The van der Waals surface area contributed by atoms with E-state index in [0.717, 1.165) is 38.1 Å². The van der Waals surface area contributed by atoms with Gasteiger partial charge in [-0.2, -0.15) is 0 Å². The zero-order valence-corrected chi connectivity index (χ0v) is 17.1. The highest BCUT2D eigenvalue weighted by atomic mass is 16.1. The number of unbranched alkanes of at least 4 members (excludes halogenated alkanes) is 2. The molecule has 2 rings (SSSR count). The highest BCUT2D eigenvalue weighted by Gasteiger charge is 2.11. The minimum absolute atomic E-state index is 0.406. The number of nitrogens with two attached hydrogens (primary N) is 1. The molecule has 0 atom stereocenters. The standard InChI is InChI=1S/C11H21N.C7H12O.C4H11N/c1-2-3-9-12-10-11-7-5-4-6-8-11;8-6-7-4-2-1-3-5-7;1-2-3-4-5/h10-11H,2-9H2,1H3;6-7H,1-5H2;2-5H2,1H3. The van der Waals surface area contributed by atoms with Crippen LogP contribution in [0.3, 0.4) is 0 Å². The first kappa shape index (κ1) is 24.3. The highest BCUT2D eigenvalue weighted by Crippen LogP contribution is 2.22. The Morgan fingerprint density at radius 2 is 1.36 bits per heavy atom. The van der Waals surface area contributed by atoms with Gasteiger partial charge >= 0.3 is 0 Å². The van der Waals surface area contributed by atoms with Gasteiger partial charge < -0.3 is 10.5 Å². The molecule has 0 amide bonds. The summed E-state index contributed by atoms with van der Waals surface area (Å²) in [6.45, 7) is 6.24. The van der Waals surface area contributed by atoms with Crippen molar-refractivity contribution in [3.05, 3.63) is 0 Å². The fourth-order valence-electron chi connectivity index (χ4n) is 3.23. The van der Waals surface area contributed by atoms with Gasteiger partial charge in [-0.05, 0) is 51.0 Å². The molecule has 0 spiro atoms. The molecule has 3 heteroatoms. The summed E-state index contributed by atoms with van der Waals surface area (Å²) in [5.41, 5.74) is 5.14. The van der Waals surface area contributed by atoms with E-state index in [1.165, 1.54) is 77.0 Å². The van der Waals surface area contributed by atoms with E-state index in [9.17, 15) is 4.79 Å². The summed E-state index contributed by atoms with van der Waals surface area (Å²) in [5.74, 6) is 1.22. The Morgan fingerprint density at radius 1 is 0.840 bits per heavy atom. The molecular formula is C22H44N2O. The molecule has 0 saturated heterocycles. The predicted octanol–water partition coefficient (Wildman–Crippen LogP) is 5.95. The van der Waals surface area contributed by atoms with Gasteiger partial charge in [-0.3, -0.25) is 4.99 Å². The van der Waals surface area contributed by atoms with Crippen LogP contribution in [0.15, 0.2) is 4.99 Å². The van der Waals surface area contributed by atoms with Crippen molar-refractivity contribution in [3.63, 3.8) is 0 Å². The maximum Gasteiger partial charge on any atom is 0.123 e. The number of carbonyl (C=O) groups is 1. The zero-order valence-electron chi connectivity index (χ0n) is 17.1. The van der Waals surface area contributed by atoms with Crippen LogP contribution in [0, 0.1) is 11.8 Å².